The Labute approximate surface area is 330 Å². The van der Waals surface area contributed by atoms with Crippen LogP contribution in [-0.2, 0) is 28.4 Å². The molecule has 0 radical (unpaired) electrons. The van der Waals surface area contributed by atoms with E-state index in [0.717, 1.165) is 44.9 Å². The molecular formula is C46H52O10. The van der Waals surface area contributed by atoms with Crippen LogP contribution in [0.5, 0.6) is 23.0 Å². The number of benzene rings is 5. The molecule has 0 bridgehead atoms. The van der Waals surface area contributed by atoms with Crippen LogP contribution >= 0.6 is 0 Å². The number of ether oxygens (including phenoxy) is 10. The molecule has 1 aliphatic rings. The van der Waals surface area contributed by atoms with Crippen LogP contribution in [-0.4, -0.2) is 106 Å². The van der Waals surface area contributed by atoms with Gasteiger partial charge in [0, 0.05) is 11.1 Å². The van der Waals surface area contributed by atoms with Gasteiger partial charge in [-0.05, 0) is 58.7 Å². The molecule has 0 atom stereocenters. The summed E-state index contributed by atoms with van der Waals surface area (Å²) in [6.07, 6.45) is 0. The van der Waals surface area contributed by atoms with E-state index in [2.05, 4.69) is 48.5 Å². The number of hydrogen-bond acceptors (Lipinski definition) is 10. The molecule has 0 saturated carbocycles. The highest BCUT2D eigenvalue weighted by Crippen LogP contribution is 2.41. The molecule has 0 amide bonds. The van der Waals surface area contributed by atoms with E-state index in [9.17, 15) is 0 Å². The summed E-state index contributed by atoms with van der Waals surface area (Å²) in [6, 6.07) is 40.8. The Balaban J connectivity index is 1.12. The molecule has 5 aromatic carbocycles. The third kappa shape index (κ3) is 13.4. The quantitative estimate of drug-likeness (QED) is 0.176. The average Bonchev–Trinajstić information content (AvgIpc) is 3.25. The molecule has 0 unspecified atom stereocenters. The highest BCUT2D eigenvalue weighted by atomic mass is 16.6. The maximum absolute atomic E-state index is 6.41. The van der Waals surface area contributed by atoms with E-state index >= 15 is 0 Å². The van der Waals surface area contributed by atoms with Gasteiger partial charge in [-0.3, -0.25) is 0 Å². The standard InChI is InChI=1S/C46H52O10/c1-3-9-37(10-4-1)39-15-17-43-41(35-39)42-36-40(38-11-5-2-6-12-38)16-18-44(42)54-32-28-50-24-20-48-22-26-52-30-34-56-46-14-8-7-13-45(46)55-33-29-51-25-21-47-19-23-49-27-31-53-43/h1-18,35-36H,19-34H2. The zero-order valence-corrected chi connectivity index (χ0v) is 31.9. The predicted molar refractivity (Wildman–Crippen MR) is 216 cm³/mol. The second kappa shape index (κ2) is 23.9. The fourth-order valence-electron chi connectivity index (χ4n) is 5.97. The molecule has 1 aliphatic heterocycles. The van der Waals surface area contributed by atoms with Gasteiger partial charge in [0.15, 0.2) is 11.5 Å². The van der Waals surface area contributed by atoms with E-state index in [0.29, 0.717) is 117 Å². The van der Waals surface area contributed by atoms with E-state index in [1.165, 1.54) is 0 Å². The second-order valence-corrected chi connectivity index (χ2v) is 12.7. The molecule has 296 valence electrons. The maximum atomic E-state index is 6.41. The summed E-state index contributed by atoms with van der Waals surface area (Å²) < 4.78 is 59.1. The Hall–Kier alpha value is -4.94. The minimum atomic E-state index is 0.367. The molecule has 6 rings (SSSR count). The first kappa shape index (κ1) is 40.7. The topological polar surface area (TPSA) is 92.3 Å². The van der Waals surface area contributed by atoms with Crippen LogP contribution in [0.2, 0.25) is 0 Å². The van der Waals surface area contributed by atoms with Gasteiger partial charge in [-0.1, -0.05) is 84.9 Å². The Bertz CT molecular complexity index is 1700. The van der Waals surface area contributed by atoms with E-state index in [1.54, 1.807) is 0 Å². The van der Waals surface area contributed by atoms with Crippen LogP contribution < -0.4 is 18.9 Å². The summed E-state index contributed by atoms with van der Waals surface area (Å²) >= 11 is 0. The second-order valence-electron chi connectivity index (χ2n) is 12.7. The number of para-hydroxylation sites is 2. The van der Waals surface area contributed by atoms with Crippen molar-refractivity contribution in [3.05, 3.63) is 121 Å². The molecule has 0 spiro atoms. The van der Waals surface area contributed by atoms with Crippen molar-refractivity contribution in [3.63, 3.8) is 0 Å². The SMILES string of the molecule is c1ccc(-c2ccc3c(c2)-c2cc(-c4ccccc4)ccc2OCCOCCOCCOCCOc2ccccc2OCCOCCOCCOCCO3)cc1. The first-order valence-corrected chi connectivity index (χ1v) is 19.3. The largest absolute Gasteiger partial charge is 0.491 e. The number of hydrogen-bond donors (Lipinski definition) is 0. The third-order valence-electron chi connectivity index (χ3n) is 8.74. The summed E-state index contributed by atoms with van der Waals surface area (Å²) in [5.74, 6) is 2.80. The smallest absolute Gasteiger partial charge is 0.161 e. The third-order valence-corrected chi connectivity index (χ3v) is 8.74. The van der Waals surface area contributed by atoms with Crippen molar-refractivity contribution in [1.29, 1.82) is 0 Å². The fraction of sp³-hybridized carbons (Fsp3) is 0.348. The van der Waals surface area contributed by atoms with Crippen molar-refractivity contribution < 1.29 is 47.4 Å². The van der Waals surface area contributed by atoms with Crippen LogP contribution in [0, 0.1) is 0 Å². The van der Waals surface area contributed by atoms with Crippen LogP contribution in [0.15, 0.2) is 121 Å². The van der Waals surface area contributed by atoms with E-state index in [-0.39, 0.29) is 0 Å². The summed E-state index contributed by atoms with van der Waals surface area (Å²) in [4.78, 5) is 0. The van der Waals surface area contributed by atoms with Gasteiger partial charge in [0.1, 0.15) is 37.9 Å². The lowest BCUT2D eigenvalue weighted by molar-refractivity contribution is 0.00365. The van der Waals surface area contributed by atoms with E-state index in [1.807, 2.05) is 72.8 Å². The molecular weight excluding hydrogens is 712 g/mol. The van der Waals surface area contributed by atoms with Crippen molar-refractivity contribution in [2.24, 2.45) is 0 Å². The van der Waals surface area contributed by atoms with Crippen molar-refractivity contribution in [3.8, 4) is 56.4 Å². The molecule has 10 nitrogen and oxygen atoms in total. The fourth-order valence-corrected chi connectivity index (χ4v) is 5.97. The molecule has 0 saturated heterocycles. The Morgan fingerprint density at radius 3 is 0.857 bits per heavy atom. The Morgan fingerprint density at radius 2 is 0.518 bits per heavy atom. The molecule has 1 heterocycles. The normalized spacial score (nSPS) is 16.6. The van der Waals surface area contributed by atoms with E-state index < -0.39 is 0 Å². The van der Waals surface area contributed by atoms with Crippen LogP contribution in [0.4, 0.5) is 0 Å². The minimum Gasteiger partial charge on any atom is -0.491 e. The molecule has 0 N–H and O–H groups in total. The van der Waals surface area contributed by atoms with Gasteiger partial charge in [-0.2, -0.15) is 0 Å². The van der Waals surface area contributed by atoms with Crippen molar-refractivity contribution >= 4 is 0 Å². The molecule has 56 heavy (non-hydrogen) atoms. The first-order chi connectivity index (χ1) is 27.8. The molecule has 0 aliphatic carbocycles. The summed E-state index contributed by atoms with van der Waals surface area (Å²) in [7, 11) is 0. The monoisotopic (exact) mass is 764 g/mol. The van der Waals surface area contributed by atoms with Gasteiger partial charge in [0.25, 0.3) is 0 Å². The Kier molecular flexibility index (Phi) is 17.3. The lowest BCUT2D eigenvalue weighted by Crippen LogP contribution is -2.15. The van der Waals surface area contributed by atoms with Crippen molar-refractivity contribution in [2.45, 2.75) is 0 Å². The summed E-state index contributed by atoms with van der Waals surface area (Å²) in [6.45, 7) is 6.81. The lowest BCUT2D eigenvalue weighted by atomic mass is 9.94. The highest BCUT2D eigenvalue weighted by molar-refractivity contribution is 5.84. The van der Waals surface area contributed by atoms with Crippen molar-refractivity contribution in [2.75, 3.05) is 106 Å². The summed E-state index contributed by atoms with van der Waals surface area (Å²) in [5, 5.41) is 0. The van der Waals surface area contributed by atoms with Gasteiger partial charge < -0.3 is 47.4 Å². The maximum Gasteiger partial charge on any atom is 0.161 e. The predicted octanol–water partition coefficient (Wildman–Crippen LogP) is 8.02. The van der Waals surface area contributed by atoms with Crippen LogP contribution in [0.3, 0.4) is 0 Å². The first-order valence-electron chi connectivity index (χ1n) is 19.3. The van der Waals surface area contributed by atoms with Gasteiger partial charge in [0.2, 0.25) is 0 Å². The number of rotatable bonds is 2. The number of fused-ring (bicyclic) bond motifs is 4. The molecule has 0 fully saturated rings. The zero-order valence-electron chi connectivity index (χ0n) is 31.9. The Morgan fingerprint density at radius 1 is 0.232 bits per heavy atom. The van der Waals surface area contributed by atoms with Crippen LogP contribution in [0.1, 0.15) is 0 Å². The van der Waals surface area contributed by atoms with Crippen LogP contribution in [0.25, 0.3) is 33.4 Å². The van der Waals surface area contributed by atoms with Gasteiger partial charge >= 0.3 is 0 Å². The molecule has 10 heteroatoms. The molecule has 0 aromatic heterocycles. The van der Waals surface area contributed by atoms with Gasteiger partial charge in [0.05, 0.1) is 79.3 Å². The van der Waals surface area contributed by atoms with Crippen molar-refractivity contribution in [1.82, 2.24) is 0 Å². The van der Waals surface area contributed by atoms with Gasteiger partial charge in [-0.15, -0.1) is 0 Å². The highest BCUT2D eigenvalue weighted by Gasteiger charge is 2.16. The zero-order chi connectivity index (χ0) is 38.3. The molecule has 5 aromatic rings. The average molecular weight is 765 g/mol. The van der Waals surface area contributed by atoms with Gasteiger partial charge in [-0.25, -0.2) is 0 Å². The summed E-state index contributed by atoms with van der Waals surface area (Å²) in [5.41, 5.74) is 6.21. The minimum absolute atomic E-state index is 0.367. The lowest BCUT2D eigenvalue weighted by Gasteiger charge is -2.18. The van der Waals surface area contributed by atoms with E-state index in [4.69, 9.17) is 47.4 Å².